The molecule has 0 aromatic rings. The topological polar surface area (TPSA) is 115 Å². The predicted octanol–water partition coefficient (Wildman–Crippen LogP) is 3.12. The molecule has 0 atom stereocenters. The molecule has 4 N–H and O–H groups in total. The second-order valence-electron chi connectivity index (χ2n) is 7.86. The van der Waals surface area contributed by atoms with Gasteiger partial charge in [-0.05, 0) is 41.5 Å². The maximum atomic E-state index is 9.00. The van der Waals surface area contributed by atoms with E-state index in [0.29, 0.717) is 5.41 Å². The van der Waals surface area contributed by atoms with Crippen molar-refractivity contribution in [2.75, 3.05) is 0 Å². The van der Waals surface area contributed by atoms with E-state index in [1.807, 2.05) is 0 Å². The standard InChI is InChI=1S/C5H10.2C4H10O.2C2H4O2.W/c1-5(2,3)4;2*1-4(2,3)5;2*1-2(3)4;/h1H,2-4H3;2*5H,1-3H3;2*1H3,(H,3,4);. The van der Waals surface area contributed by atoms with Crippen molar-refractivity contribution >= 4 is 16.3 Å². The van der Waals surface area contributed by atoms with E-state index in [1.165, 1.54) is 0 Å². The third kappa shape index (κ3) is 1530. The Morgan fingerprint density at radius 2 is 0.750 bits per heavy atom. The summed E-state index contributed by atoms with van der Waals surface area (Å²) < 4.78 is 2.27. The Kier molecular flexibility index (Phi) is 24.9. The predicted molar refractivity (Wildman–Crippen MR) is 96.1 cm³/mol. The first kappa shape index (κ1) is 34.7. The molecule has 0 rings (SSSR count). The molecule has 0 spiro atoms. The van der Waals surface area contributed by atoms with E-state index in [2.05, 4.69) is 25.2 Å². The van der Waals surface area contributed by atoms with Gasteiger partial charge in [-0.15, -0.1) is 0 Å². The van der Waals surface area contributed by atoms with Crippen molar-refractivity contribution in [2.45, 2.75) is 87.4 Å². The van der Waals surface area contributed by atoms with Crippen molar-refractivity contribution < 1.29 is 49.4 Å². The van der Waals surface area contributed by atoms with Gasteiger partial charge in [-0.1, -0.05) is 0 Å². The van der Waals surface area contributed by atoms with Crippen LogP contribution in [0.4, 0.5) is 0 Å². The van der Waals surface area contributed by atoms with Crippen LogP contribution in [0.5, 0.6) is 0 Å². The van der Waals surface area contributed by atoms with Crippen LogP contribution in [0, 0.1) is 5.41 Å². The first-order valence-corrected chi connectivity index (χ1v) is 9.02. The SMILES string of the molecule is CC(=O)O.CC(=O)O.CC(C)(C)O.CC(C)(C)O.CC(C)(C)[CH]=[W]. The van der Waals surface area contributed by atoms with Crippen molar-refractivity contribution in [3.05, 3.63) is 0 Å². The summed E-state index contributed by atoms with van der Waals surface area (Å²) in [5.41, 5.74) is -0.546. The Hall–Kier alpha value is -0.582. The average Bonchev–Trinajstić information content (AvgIpc) is 2.08. The molecule has 0 aromatic carbocycles. The Bertz CT molecular complexity index is 275. The molecule has 0 aliphatic rings. The fourth-order valence-corrected chi connectivity index (χ4v) is 0. The number of rotatable bonds is 0. The Morgan fingerprint density at radius 1 is 0.708 bits per heavy atom. The maximum absolute atomic E-state index is 9.00. The van der Waals surface area contributed by atoms with E-state index in [9.17, 15) is 0 Å². The van der Waals surface area contributed by atoms with E-state index >= 15 is 0 Å². The van der Waals surface area contributed by atoms with Crippen LogP contribution >= 0.6 is 0 Å². The van der Waals surface area contributed by atoms with Gasteiger partial charge < -0.3 is 20.4 Å². The number of carbonyl (C=O) groups is 2. The summed E-state index contributed by atoms with van der Waals surface area (Å²) in [6, 6.07) is 0. The molecule has 0 aromatic heterocycles. The quantitative estimate of drug-likeness (QED) is 0.389. The number of carboxylic acid groups (broad SMARTS) is 2. The van der Waals surface area contributed by atoms with E-state index in [0.717, 1.165) is 13.8 Å². The summed E-state index contributed by atoms with van der Waals surface area (Å²) in [4.78, 5) is 18.0. The summed E-state index contributed by atoms with van der Waals surface area (Å²) in [6.07, 6.45) is 0. The molecule has 6 nitrogen and oxygen atoms in total. The molecule has 0 saturated carbocycles. The molecule has 24 heavy (non-hydrogen) atoms. The van der Waals surface area contributed by atoms with Crippen LogP contribution in [0.3, 0.4) is 0 Å². The molecular formula is C17H38O6W. The van der Waals surface area contributed by atoms with Gasteiger partial charge in [0.25, 0.3) is 11.9 Å². The van der Waals surface area contributed by atoms with Crippen molar-refractivity contribution in [3.63, 3.8) is 0 Å². The second-order valence-corrected chi connectivity index (χ2v) is 8.71. The summed E-state index contributed by atoms with van der Waals surface area (Å²) >= 11 is 1.57. The van der Waals surface area contributed by atoms with Gasteiger partial charge in [0, 0.05) is 13.8 Å². The number of hydrogen-bond acceptors (Lipinski definition) is 4. The van der Waals surface area contributed by atoms with E-state index in [4.69, 9.17) is 30.0 Å². The number of carboxylic acids is 2. The van der Waals surface area contributed by atoms with Crippen LogP contribution < -0.4 is 0 Å². The molecule has 0 unspecified atom stereocenters. The van der Waals surface area contributed by atoms with Crippen molar-refractivity contribution in [1.29, 1.82) is 0 Å². The molecule has 0 aliphatic carbocycles. The summed E-state index contributed by atoms with van der Waals surface area (Å²) in [7, 11) is 0. The third-order valence-corrected chi connectivity index (χ3v) is 2.89. The van der Waals surface area contributed by atoms with Crippen LogP contribution in [-0.2, 0) is 28.9 Å². The van der Waals surface area contributed by atoms with Gasteiger partial charge in [0.1, 0.15) is 0 Å². The zero-order chi connectivity index (χ0) is 21.4. The van der Waals surface area contributed by atoms with Crippen molar-refractivity contribution in [2.24, 2.45) is 5.41 Å². The van der Waals surface area contributed by atoms with Crippen LogP contribution in [-0.4, -0.2) is 48.0 Å². The fourth-order valence-electron chi connectivity index (χ4n) is 0. The summed E-state index contributed by atoms with van der Waals surface area (Å²) in [5, 5.41) is 31.9. The molecule has 0 radical (unpaired) electrons. The van der Waals surface area contributed by atoms with Gasteiger partial charge in [0.05, 0.1) is 11.2 Å². The molecule has 0 amide bonds. The van der Waals surface area contributed by atoms with Crippen LogP contribution in [0.1, 0.15) is 76.2 Å². The van der Waals surface area contributed by atoms with Crippen LogP contribution in [0.25, 0.3) is 0 Å². The van der Waals surface area contributed by atoms with Crippen LogP contribution in [0.15, 0.2) is 0 Å². The second kappa shape index (κ2) is 17.2. The number of aliphatic hydroxyl groups is 2. The summed E-state index contributed by atoms with van der Waals surface area (Å²) in [6.45, 7) is 19.2. The minimum absolute atomic E-state index is 0.454. The zero-order valence-electron chi connectivity index (χ0n) is 17.1. The zero-order valence-corrected chi connectivity index (χ0v) is 20.0. The molecule has 0 saturated heterocycles. The fraction of sp³-hybridized carbons (Fsp3) is 0.824. The van der Waals surface area contributed by atoms with Crippen molar-refractivity contribution in [3.8, 4) is 0 Å². The number of hydrogen-bond donors (Lipinski definition) is 4. The Morgan fingerprint density at radius 3 is 0.750 bits per heavy atom. The van der Waals surface area contributed by atoms with Crippen LogP contribution in [0.2, 0.25) is 0 Å². The van der Waals surface area contributed by atoms with Gasteiger partial charge in [0.15, 0.2) is 0 Å². The van der Waals surface area contributed by atoms with Gasteiger partial charge >= 0.3 is 49.9 Å². The first-order valence-electron chi connectivity index (χ1n) is 7.33. The molecule has 0 heterocycles. The average molecular weight is 522 g/mol. The molecule has 148 valence electrons. The van der Waals surface area contributed by atoms with Gasteiger partial charge in [-0.25, -0.2) is 0 Å². The summed E-state index contributed by atoms with van der Waals surface area (Å²) in [5.74, 6) is -1.67. The Labute approximate surface area is 158 Å². The van der Waals surface area contributed by atoms with E-state index in [1.54, 1.807) is 60.9 Å². The molecular weight excluding hydrogens is 484 g/mol. The normalized spacial score (nSPS) is 9.88. The van der Waals surface area contributed by atoms with E-state index < -0.39 is 23.1 Å². The minimum atomic E-state index is -0.833. The van der Waals surface area contributed by atoms with Gasteiger partial charge in [-0.3, -0.25) is 9.59 Å². The van der Waals surface area contributed by atoms with Gasteiger partial charge in [0.2, 0.25) is 0 Å². The number of aliphatic carboxylic acids is 2. The van der Waals surface area contributed by atoms with Crippen molar-refractivity contribution in [1.82, 2.24) is 0 Å². The monoisotopic (exact) mass is 522 g/mol. The molecule has 0 bridgehead atoms. The molecule has 0 fully saturated rings. The molecule has 0 aliphatic heterocycles. The first-order chi connectivity index (χ1) is 10.0. The Balaban J connectivity index is -0.0000000633. The van der Waals surface area contributed by atoms with E-state index in [-0.39, 0.29) is 0 Å². The molecule has 7 heteroatoms. The van der Waals surface area contributed by atoms with Gasteiger partial charge in [-0.2, -0.15) is 0 Å². The third-order valence-electron chi connectivity index (χ3n) is 0.354.